The lowest BCUT2D eigenvalue weighted by Gasteiger charge is -2.26. The molecule has 0 radical (unpaired) electrons. The lowest BCUT2D eigenvalue weighted by molar-refractivity contribution is 0.00862. The Labute approximate surface area is 129 Å². The fraction of sp³-hybridized carbons (Fsp3) is 0.667. The lowest BCUT2D eigenvalue weighted by Crippen LogP contribution is -2.23. The quantitative estimate of drug-likeness (QED) is 0.823. The summed E-state index contributed by atoms with van der Waals surface area (Å²) in [4.78, 5) is 0. The molecule has 0 saturated carbocycles. The standard InChI is InChI=1S/C18H29NO2/c1-4-20-18-11-8-14(2)13-16(18)17(19-3)10-9-15-7-5-6-12-21-15/h8,11,13,15,17,19H,4-7,9-10,12H2,1-3H3. The summed E-state index contributed by atoms with van der Waals surface area (Å²) in [5.74, 6) is 1.01. The third-order valence-electron chi connectivity index (χ3n) is 4.24. The summed E-state index contributed by atoms with van der Waals surface area (Å²) in [6.45, 7) is 5.81. The Hall–Kier alpha value is -1.06. The predicted molar refractivity (Wildman–Crippen MR) is 87.0 cm³/mol. The molecule has 118 valence electrons. The molecule has 1 N–H and O–H groups in total. The predicted octanol–water partition coefficient (Wildman–Crippen LogP) is 4.00. The highest BCUT2D eigenvalue weighted by Crippen LogP contribution is 2.30. The van der Waals surface area contributed by atoms with E-state index in [2.05, 4.69) is 30.4 Å². The molecule has 2 rings (SSSR count). The van der Waals surface area contributed by atoms with E-state index in [-0.39, 0.29) is 0 Å². The largest absolute Gasteiger partial charge is 0.494 e. The average Bonchev–Trinajstić information content (AvgIpc) is 2.51. The Morgan fingerprint density at radius 3 is 2.90 bits per heavy atom. The maximum absolute atomic E-state index is 5.85. The van der Waals surface area contributed by atoms with Gasteiger partial charge in [-0.2, -0.15) is 0 Å². The van der Waals surface area contributed by atoms with E-state index < -0.39 is 0 Å². The highest BCUT2D eigenvalue weighted by molar-refractivity contribution is 5.39. The van der Waals surface area contributed by atoms with Crippen LogP contribution in [0, 0.1) is 6.92 Å². The molecule has 0 aromatic heterocycles. The average molecular weight is 291 g/mol. The molecular formula is C18H29NO2. The SMILES string of the molecule is CCOc1ccc(C)cc1C(CCC1CCCCO1)NC. The smallest absolute Gasteiger partial charge is 0.124 e. The van der Waals surface area contributed by atoms with E-state index >= 15 is 0 Å². The van der Waals surface area contributed by atoms with E-state index in [0.717, 1.165) is 25.2 Å². The van der Waals surface area contributed by atoms with Gasteiger partial charge in [0.2, 0.25) is 0 Å². The van der Waals surface area contributed by atoms with Crippen LogP contribution in [-0.4, -0.2) is 26.4 Å². The van der Waals surface area contributed by atoms with Gasteiger partial charge >= 0.3 is 0 Å². The molecule has 1 aliphatic heterocycles. The minimum atomic E-state index is 0.331. The van der Waals surface area contributed by atoms with Crippen molar-refractivity contribution in [2.24, 2.45) is 0 Å². The molecule has 3 heteroatoms. The molecule has 1 saturated heterocycles. The second kappa shape index (κ2) is 8.40. The number of aryl methyl sites for hydroxylation is 1. The maximum Gasteiger partial charge on any atom is 0.124 e. The van der Waals surface area contributed by atoms with Crippen LogP contribution in [0.5, 0.6) is 5.75 Å². The normalized spacial score (nSPS) is 20.2. The van der Waals surface area contributed by atoms with Gasteiger partial charge in [0.1, 0.15) is 5.75 Å². The van der Waals surface area contributed by atoms with Gasteiger partial charge in [-0.1, -0.05) is 17.7 Å². The van der Waals surface area contributed by atoms with Gasteiger partial charge in [0.05, 0.1) is 12.7 Å². The van der Waals surface area contributed by atoms with Crippen molar-refractivity contribution in [3.8, 4) is 5.75 Å². The molecule has 2 atom stereocenters. The third-order valence-corrected chi connectivity index (χ3v) is 4.24. The summed E-state index contributed by atoms with van der Waals surface area (Å²) < 4.78 is 11.6. The van der Waals surface area contributed by atoms with Gasteiger partial charge in [-0.25, -0.2) is 0 Å². The van der Waals surface area contributed by atoms with Crippen molar-refractivity contribution in [2.75, 3.05) is 20.3 Å². The summed E-state index contributed by atoms with van der Waals surface area (Å²) >= 11 is 0. The first-order valence-corrected chi connectivity index (χ1v) is 8.26. The molecule has 0 bridgehead atoms. The highest BCUT2D eigenvalue weighted by Gasteiger charge is 2.19. The number of nitrogens with one attached hydrogen (secondary N) is 1. The molecule has 0 amide bonds. The van der Waals surface area contributed by atoms with Crippen LogP contribution < -0.4 is 10.1 Å². The van der Waals surface area contributed by atoms with E-state index in [1.54, 1.807) is 0 Å². The molecule has 0 aliphatic carbocycles. The number of hydrogen-bond acceptors (Lipinski definition) is 3. The van der Waals surface area contributed by atoms with Crippen LogP contribution in [0.25, 0.3) is 0 Å². The van der Waals surface area contributed by atoms with E-state index in [1.165, 1.54) is 30.4 Å². The van der Waals surface area contributed by atoms with Gasteiger partial charge in [-0.15, -0.1) is 0 Å². The summed E-state index contributed by atoms with van der Waals surface area (Å²) in [5.41, 5.74) is 2.55. The fourth-order valence-corrected chi connectivity index (χ4v) is 3.07. The summed E-state index contributed by atoms with van der Waals surface area (Å²) in [6.07, 6.45) is 6.38. The van der Waals surface area contributed by atoms with Crippen LogP contribution in [0.2, 0.25) is 0 Å². The second-order valence-corrected chi connectivity index (χ2v) is 5.88. The molecular weight excluding hydrogens is 262 g/mol. The number of hydrogen-bond donors (Lipinski definition) is 1. The molecule has 21 heavy (non-hydrogen) atoms. The van der Waals surface area contributed by atoms with Crippen LogP contribution in [-0.2, 0) is 4.74 Å². The minimum Gasteiger partial charge on any atom is -0.494 e. The molecule has 1 aliphatic rings. The zero-order valence-electron chi connectivity index (χ0n) is 13.7. The molecule has 3 nitrogen and oxygen atoms in total. The first-order chi connectivity index (χ1) is 10.2. The van der Waals surface area contributed by atoms with Crippen LogP contribution in [0.3, 0.4) is 0 Å². The van der Waals surface area contributed by atoms with Crippen LogP contribution in [0.15, 0.2) is 18.2 Å². The molecule has 1 fully saturated rings. The second-order valence-electron chi connectivity index (χ2n) is 5.88. The number of benzene rings is 1. The Balaban J connectivity index is 2.03. The van der Waals surface area contributed by atoms with Gasteiger partial charge in [0, 0.05) is 18.2 Å². The van der Waals surface area contributed by atoms with Crippen molar-refractivity contribution in [1.29, 1.82) is 0 Å². The van der Waals surface area contributed by atoms with Gasteiger partial charge in [-0.3, -0.25) is 0 Å². The van der Waals surface area contributed by atoms with Gasteiger partial charge in [0.15, 0.2) is 0 Å². The first-order valence-electron chi connectivity index (χ1n) is 8.26. The van der Waals surface area contributed by atoms with Gasteiger partial charge < -0.3 is 14.8 Å². The monoisotopic (exact) mass is 291 g/mol. The highest BCUT2D eigenvalue weighted by atomic mass is 16.5. The molecule has 1 heterocycles. The van der Waals surface area contributed by atoms with Gasteiger partial charge in [0.25, 0.3) is 0 Å². The van der Waals surface area contributed by atoms with Crippen LogP contribution >= 0.6 is 0 Å². The summed E-state index contributed by atoms with van der Waals surface area (Å²) in [7, 11) is 2.03. The lowest BCUT2D eigenvalue weighted by atomic mass is 9.95. The Bertz CT molecular complexity index is 427. The van der Waals surface area contributed by atoms with Crippen molar-refractivity contribution >= 4 is 0 Å². The number of ether oxygens (including phenoxy) is 2. The molecule has 2 unspecified atom stereocenters. The van der Waals surface area contributed by atoms with Crippen molar-refractivity contribution in [3.05, 3.63) is 29.3 Å². The van der Waals surface area contributed by atoms with E-state index in [9.17, 15) is 0 Å². The minimum absolute atomic E-state index is 0.331. The third kappa shape index (κ3) is 4.72. The zero-order chi connectivity index (χ0) is 15.1. The van der Waals surface area contributed by atoms with Crippen molar-refractivity contribution < 1.29 is 9.47 Å². The maximum atomic E-state index is 5.85. The van der Waals surface area contributed by atoms with Gasteiger partial charge in [-0.05, 0) is 59.1 Å². The van der Waals surface area contributed by atoms with Crippen molar-refractivity contribution in [3.63, 3.8) is 0 Å². The topological polar surface area (TPSA) is 30.5 Å². The van der Waals surface area contributed by atoms with Crippen molar-refractivity contribution in [2.45, 2.75) is 58.1 Å². The van der Waals surface area contributed by atoms with Crippen molar-refractivity contribution in [1.82, 2.24) is 5.32 Å². The molecule has 1 aromatic carbocycles. The first kappa shape index (κ1) is 16.3. The summed E-state index contributed by atoms with van der Waals surface area (Å²) in [6, 6.07) is 6.78. The fourth-order valence-electron chi connectivity index (χ4n) is 3.07. The Kier molecular flexibility index (Phi) is 6.52. The van der Waals surface area contributed by atoms with Crippen LogP contribution in [0.4, 0.5) is 0 Å². The molecule has 0 spiro atoms. The van der Waals surface area contributed by atoms with E-state index in [0.29, 0.717) is 18.8 Å². The van der Waals surface area contributed by atoms with Crippen LogP contribution in [0.1, 0.15) is 56.2 Å². The van der Waals surface area contributed by atoms with E-state index in [4.69, 9.17) is 9.47 Å². The van der Waals surface area contributed by atoms with E-state index in [1.807, 2.05) is 14.0 Å². The number of rotatable bonds is 7. The Morgan fingerprint density at radius 2 is 2.24 bits per heavy atom. The Morgan fingerprint density at radius 1 is 1.38 bits per heavy atom. The summed E-state index contributed by atoms with van der Waals surface area (Å²) in [5, 5.41) is 3.45. The zero-order valence-corrected chi connectivity index (χ0v) is 13.7. The molecule has 1 aromatic rings.